The number of aryl methyl sites for hydroxylation is 1. The molecule has 0 aliphatic rings. The average Bonchev–Trinajstić information content (AvgIpc) is 2.18. The van der Waals surface area contributed by atoms with E-state index in [1.807, 2.05) is 18.3 Å². The molecule has 0 saturated heterocycles. The zero-order valence-corrected chi connectivity index (χ0v) is 8.77. The molecule has 0 radical (unpaired) electrons. The van der Waals surface area contributed by atoms with Crippen molar-refractivity contribution >= 4 is 12.2 Å². The molecule has 2 heteroatoms. The number of pyridine rings is 1. The minimum absolute atomic E-state index is 0.861. The molecule has 0 saturated carbocycles. The Morgan fingerprint density at radius 3 is 2.71 bits per heavy atom. The fourth-order valence-corrected chi connectivity index (χ4v) is 1.61. The van der Waals surface area contributed by atoms with Crippen molar-refractivity contribution in [1.29, 1.82) is 0 Å². The summed E-state index contributed by atoms with van der Waals surface area (Å²) in [5.41, 5.74) is 3.50. The van der Waals surface area contributed by atoms with Crippen LogP contribution in [0.5, 0.6) is 0 Å². The molecule has 0 fully saturated rings. The maximum absolute atomic E-state index is 5.11. The number of aromatic amines is 1. The molecule has 1 nitrogen and oxygen atoms in total. The second-order valence-corrected chi connectivity index (χ2v) is 3.78. The van der Waals surface area contributed by atoms with Crippen LogP contribution in [0.2, 0.25) is 0 Å². The molecule has 1 heterocycles. The molecule has 1 N–H and O–H groups in total. The largest absolute Gasteiger partial charge is 0.361 e. The van der Waals surface area contributed by atoms with Crippen LogP contribution in [0.25, 0.3) is 11.3 Å². The minimum atomic E-state index is 0.861. The van der Waals surface area contributed by atoms with Crippen molar-refractivity contribution in [3.63, 3.8) is 0 Å². The smallest absolute Gasteiger partial charge is 0.0467 e. The van der Waals surface area contributed by atoms with Crippen LogP contribution < -0.4 is 0 Å². The SMILES string of the molecule is Cc1cccc(-c2cc(=S)cc[nH]2)c1. The third-order valence-electron chi connectivity index (χ3n) is 2.10. The number of aromatic nitrogens is 1. The summed E-state index contributed by atoms with van der Waals surface area (Å²) in [4.78, 5) is 3.19. The Morgan fingerprint density at radius 1 is 1.14 bits per heavy atom. The van der Waals surface area contributed by atoms with Crippen LogP contribution >= 0.6 is 12.2 Å². The summed E-state index contributed by atoms with van der Waals surface area (Å²) in [6.45, 7) is 2.08. The van der Waals surface area contributed by atoms with Gasteiger partial charge in [0.25, 0.3) is 0 Å². The Balaban J connectivity index is 2.55. The molecule has 2 aromatic rings. The van der Waals surface area contributed by atoms with Crippen LogP contribution in [0.4, 0.5) is 0 Å². The highest BCUT2D eigenvalue weighted by Crippen LogP contribution is 2.17. The fraction of sp³-hybridized carbons (Fsp3) is 0.0833. The number of hydrogen-bond donors (Lipinski definition) is 1. The number of H-pyrrole nitrogens is 1. The van der Waals surface area contributed by atoms with Crippen LogP contribution in [0.1, 0.15) is 5.56 Å². The number of rotatable bonds is 1. The average molecular weight is 201 g/mol. The molecule has 1 aromatic carbocycles. The third kappa shape index (κ3) is 1.91. The summed E-state index contributed by atoms with van der Waals surface area (Å²) in [5, 5.41) is 0. The quantitative estimate of drug-likeness (QED) is 0.695. The lowest BCUT2D eigenvalue weighted by Crippen LogP contribution is -1.82. The summed E-state index contributed by atoms with van der Waals surface area (Å²) >= 11 is 5.11. The van der Waals surface area contributed by atoms with E-state index in [9.17, 15) is 0 Å². The van der Waals surface area contributed by atoms with Gasteiger partial charge in [-0.05, 0) is 30.7 Å². The molecule has 2 rings (SSSR count). The van der Waals surface area contributed by atoms with Crippen LogP contribution in [-0.4, -0.2) is 4.98 Å². The minimum Gasteiger partial charge on any atom is -0.361 e. The predicted octanol–water partition coefficient (Wildman–Crippen LogP) is 3.72. The van der Waals surface area contributed by atoms with Gasteiger partial charge in [0.2, 0.25) is 0 Å². The van der Waals surface area contributed by atoms with E-state index >= 15 is 0 Å². The third-order valence-corrected chi connectivity index (χ3v) is 2.36. The van der Waals surface area contributed by atoms with Gasteiger partial charge in [-0.3, -0.25) is 0 Å². The van der Waals surface area contributed by atoms with E-state index in [1.165, 1.54) is 11.1 Å². The van der Waals surface area contributed by atoms with E-state index in [0.717, 1.165) is 10.2 Å². The zero-order valence-electron chi connectivity index (χ0n) is 7.95. The molecule has 0 bridgehead atoms. The van der Waals surface area contributed by atoms with E-state index in [0.29, 0.717) is 0 Å². The summed E-state index contributed by atoms with van der Waals surface area (Å²) in [5.74, 6) is 0. The van der Waals surface area contributed by atoms with Crippen molar-refractivity contribution < 1.29 is 0 Å². The van der Waals surface area contributed by atoms with E-state index in [-0.39, 0.29) is 0 Å². The second-order valence-electron chi connectivity index (χ2n) is 3.31. The molecule has 0 unspecified atom stereocenters. The Morgan fingerprint density at radius 2 is 2.00 bits per heavy atom. The number of benzene rings is 1. The molecule has 0 atom stereocenters. The van der Waals surface area contributed by atoms with Gasteiger partial charge in [0.15, 0.2) is 0 Å². The van der Waals surface area contributed by atoms with Crippen molar-refractivity contribution in [2.45, 2.75) is 6.92 Å². The maximum Gasteiger partial charge on any atom is 0.0467 e. The van der Waals surface area contributed by atoms with Gasteiger partial charge in [0.05, 0.1) is 0 Å². The normalized spacial score (nSPS) is 10.1. The predicted molar refractivity (Wildman–Crippen MR) is 61.8 cm³/mol. The Bertz CT molecular complexity index is 499. The standard InChI is InChI=1S/C12H11NS/c1-9-3-2-4-10(7-9)12-8-11(14)5-6-13-12/h2-8H,1H3,(H,13,14). The lowest BCUT2D eigenvalue weighted by molar-refractivity contribution is 1.31. The van der Waals surface area contributed by atoms with Gasteiger partial charge in [-0.15, -0.1) is 0 Å². The van der Waals surface area contributed by atoms with Gasteiger partial charge >= 0.3 is 0 Å². The first kappa shape index (κ1) is 9.16. The van der Waals surface area contributed by atoms with Gasteiger partial charge < -0.3 is 4.98 Å². The van der Waals surface area contributed by atoms with Crippen molar-refractivity contribution in [2.75, 3.05) is 0 Å². The fourth-order valence-electron chi connectivity index (χ4n) is 1.42. The molecular weight excluding hydrogens is 190 g/mol. The summed E-state index contributed by atoms with van der Waals surface area (Å²) in [7, 11) is 0. The molecule has 0 amide bonds. The lowest BCUT2D eigenvalue weighted by Gasteiger charge is -2.02. The summed E-state index contributed by atoms with van der Waals surface area (Å²) in [6.07, 6.45) is 1.88. The van der Waals surface area contributed by atoms with E-state index in [2.05, 4.69) is 36.2 Å². The van der Waals surface area contributed by atoms with E-state index in [1.54, 1.807) is 0 Å². The molecule has 70 valence electrons. The first-order valence-corrected chi connectivity index (χ1v) is 4.92. The van der Waals surface area contributed by atoms with Crippen molar-refractivity contribution in [2.24, 2.45) is 0 Å². The van der Waals surface area contributed by atoms with Crippen LogP contribution in [0.3, 0.4) is 0 Å². The van der Waals surface area contributed by atoms with Crippen molar-refractivity contribution in [3.8, 4) is 11.3 Å². The first-order chi connectivity index (χ1) is 6.75. The Hall–Kier alpha value is -1.41. The van der Waals surface area contributed by atoms with E-state index < -0.39 is 0 Å². The van der Waals surface area contributed by atoms with Gasteiger partial charge in [-0.1, -0.05) is 36.0 Å². The number of nitrogens with one attached hydrogen (secondary N) is 1. The molecule has 0 aliphatic carbocycles. The highest BCUT2D eigenvalue weighted by atomic mass is 32.1. The highest BCUT2D eigenvalue weighted by Gasteiger charge is 1.96. The number of hydrogen-bond acceptors (Lipinski definition) is 1. The topological polar surface area (TPSA) is 15.8 Å². The molecule has 14 heavy (non-hydrogen) atoms. The van der Waals surface area contributed by atoms with Crippen molar-refractivity contribution in [3.05, 3.63) is 52.7 Å². The first-order valence-electron chi connectivity index (χ1n) is 4.51. The maximum atomic E-state index is 5.11. The summed E-state index contributed by atoms with van der Waals surface area (Å²) < 4.78 is 0.861. The van der Waals surface area contributed by atoms with Crippen LogP contribution in [0.15, 0.2) is 42.6 Å². The van der Waals surface area contributed by atoms with E-state index in [4.69, 9.17) is 12.2 Å². The van der Waals surface area contributed by atoms with Crippen LogP contribution in [0, 0.1) is 11.4 Å². The van der Waals surface area contributed by atoms with Gasteiger partial charge in [-0.25, -0.2) is 0 Å². The second kappa shape index (κ2) is 3.76. The molecule has 1 aromatic heterocycles. The Labute approximate surface area is 88.4 Å². The molecular formula is C12H11NS. The van der Waals surface area contributed by atoms with Gasteiger partial charge in [-0.2, -0.15) is 0 Å². The molecule has 0 aliphatic heterocycles. The van der Waals surface area contributed by atoms with Crippen LogP contribution in [-0.2, 0) is 0 Å². The summed E-state index contributed by atoms with van der Waals surface area (Å²) in [6, 6.07) is 12.2. The molecule has 0 spiro atoms. The highest BCUT2D eigenvalue weighted by molar-refractivity contribution is 7.71. The Kier molecular flexibility index (Phi) is 2.46. The zero-order chi connectivity index (χ0) is 9.97. The van der Waals surface area contributed by atoms with Gasteiger partial charge in [0, 0.05) is 16.4 Å². The monoisotopic (exact) mass is 201 g/mol. The van der Waals surface area contributed by atoms with Crippen molar-refractivity contribution in [1.82, 2.24) is 4.98 Å². The lowest BCUT2D eigenvalue weighted by atomic mass is 10.1. The van der Waals surface area contributed by atoms with Gasteiger partial charge in [0.1, 0.15) is 0 Å².